The topological polar surface area (TPSA) is 30.7 Å². The van der Waals surface area contributed by atoms with Crippen molar-refractivity contribution in [2.45, 2.75) is 96.9 Å². The molecule has 1 heterocycles. The average Bonchev–Trinajstić information content (AvgIpc) is 2.98. The van der Waals surface area contributed by atoms with E-state index in [2.05, 4.69) is 30.0 Å². The van der Waals surface area contributed by atoms with E-state index in [4.69, 9.17) is 0 Å². The third-order valence-electron chi connectivity index (χ3n) is 4.17. The summed E-state index contributed by atoms with van der Waals surface area (Å²) in [6.45, 7) is 7.01. The minimum absolute atomic E-state index is 0.985. The minimum atomic E-state index is 0.985. The summed E-state index contributed by atoms with van der Waals surface area (Å²) in [5, 5.41) is 8.49. The SMILES string of the molecule is C=CCCCCn1cc(CCCCCCCCCCC)nn1. The number of aromatic nitrogens is 3. The zero-order chi connectivity index (χ0) is 15.9. The molecule has 1 rings (SSSR count). The van der Waals surface area contributed by atoms with Crippen LogP contribution in [0.5, 0.6) is 0 Å². The number of allylic oxidation sites excluding steroid dienone is 1. The Morgan fingerprint density at radius 1 is 0.955 bits per heavy atom. The van der Waals surface area contributed by atoms with Gasteiger partial charge >= 0.3 is 0 Å². The van der Waals surface area contributed by atoms with E-state index >= 15 is 0 Å². The van der Waals surface area contributed by atoms with Gasteiger partial charge in [-0.1, -0.05) is 69.6 Å². The highest BCUT2D eigenvalue weighted by atomic mass is 15.4. The van der Waals surface area contributed by atoms with Crippen molar-refractivity contribution in [2.75, 3.05) is 0 Å². The second-order valence-corrected chi connectivity index (χ2v) is 6.34. The van der Waals surface area contributed by atoms with Crippen LogP contribution >= 0.6 is 0 Å². The van der Waals surface area contributed by atoms with Gasteiger partial charge in [-0.25, -0.2) is 0 Å². The highest BCUT2D eigenvalue weighted by Crippen LogP contribution is 2.11. The predicted molar refractivity (Wildman–Crippen MR) is 95.0 cm³/mol. The van der Waals surface area contributed by atoms with Gasteiger partial charge in [-0.05, 0) is 32.1 Å². The lowest BCUT2D eigenvalue weighted by atomic mass is 10.1. The molecule has 1 aromatic rings. The molecule has 126 valence electrons. The summed E-state index contributed by atoms with van der Waals surface area (Å²) < 4.78 is 1.99. The molecule has 0 amide bonds. The minimum Gasteiger partial charge on any atom is -0.252 e. The number of nitrogens with zero attached hydrogens (tertiary/aromatic N) is 3. The summed E-state index contributed by atoms with van der Waals surface area (Å²) >= 11 is 0. The lowest BCUT2D eigenvalue weighted by molar-refractivity contribution is 0.543. The molecule has 3 heteroatoms. The first-order valence-electron chi connectivity index (χ1n) is 9.36. The summed E-state index contributed by atoms with van der Waals surface area (Å²) in [5.41, 5.74) is 1.16. The fourth-order valence-electron chi connectivity index (χ4n) is 2.74. The van der Waals surface area contributed by atoms with Crippen molar-refractivity contribution in [3.8, 4) is 0 Å². The predicted octanol–water partition coefficient (Wildman–Crippen LogP) is 5.71. The van der Waals surface area contributed by atoms with Crippen LogP contribution in [-0.4, -0.2) is 15.0 Å². The third-order valence-corrected chi connectivity index (χ3v) is 4.17. The standard InChI is InChI=1S/C19H35N3/c1-3-5-7-9-10-11-12-13-14-16-19-18-22(21-20-19)17-15-8-6-4-2/h4,18H,2-3,5-17H2,1H3. The normalized spacial score (nSPS) is 11.0. The van der Waals surface area contributed by atoms with E-state index in [1.54, 1.807) is 0 Å². The maximum Gasteiger partial charge on any atom is 0.0827 e. The van der Waals surface area contributed by atoms with E-state index in [0.29, 0.717) is 0 Å². The van der Waals surface area contributed by atoms with E-state index in [1.165, 1.54) is 64.2 Å². The molecule has 0 atom stereocenters. The second kappa shape index (κ2) is 13.5. The van der Waals surface area contributed by atoms with Gasteiger partial charge in [0.25, 0.3) is 0 Å². The molecule has 0 saturated heterocycles. The van der Waals surface area contributed by atoms with Crippen LogP contribution in [0.15, 0.2) is 18.9 Å². The van der Waals surface area contributed by atoms with Crippen molar-refractivity contribution in [1.29, 1.82) is 0 Å². The van der Waals surface area contributed by atoms with Gasteiger partial charge in [-0.15, -0.1) is 11.7 Å². The van der Waals surface area contributed by atoms with Gasteiger partial charge in [0.05, 0.1) is 5.69 Å². The quantitative estimate of drug-likeness (QED) is 0.307. The lowest BCUT2D eigenvalue weighted by Crippen LogP contribution is -1.98. The van der Waals surface area contributed by atoms with Gasteiger partial charge in [0.2, 0.25) is 0 Å². The fraction of sp³-hybridized carbons (Fsp3) is 0.789. The van der Waals surface area contributed by atoms with Crippen LogP contribution in [-0.2, 0) is 13.0 Å². The molecule has 0 aliphatic heterocycles. The summed E-state index contributed by atoms with van der Waals surface area (Å²) in [6, 6.07) is 0. The van der Waals surface area contributed by atoms with Gasteiger partial charge < -0.3 is 0 Å². The maximum atomic E-state index is 4.28. The van der Waals surface area contributed by atoms with Gasteiger partial charge in [0, 0.05) is 12.7 Å². The first-order valence-corrected chi connectivity index (χ1v) is 9.36. The molecule has 0 unspecified atom stereocenters. The summed E-state index contributed by atoms with van der Waals surface area (Å²) in [4.78, 5) is 0. The van der Waals surface area contributed by atoms with Gasteiger partial charge in [0.15, 0.2) is 0 Å². The smallest absolute Gasteiger partial charge is 0.0827 e. The molecule has 0 fully saturated rings. The van der Waals surface area contributed by atoms with Crippen LogP contribution in [0.25, 0.3) is 0 Å². The average molecular weight is 306 g/mol. The van der Waals surface area contributed by atoms with E-state index in [9.17, 15) is 0 Å². The Kier molecular flexibility index (Phi) is 11.6. The van der Waals surface area contributed by atoms with Crippen LogP contribution in [0.3, 0.4) is 0 Å². The number of hydrogen-bond acceptors (Lipinski definition) is 2. The van der Waals surface area contributed by atoms with Gasteiger partial charge in [-0.2, -0.15) is 0 Å². The number of unbranched alkanes of at least 4 members (excludes halogenated alkanes) is 10. The number of hydrogen-bond donors (Lipinski definition) is 0. The maximum absolute atomic E-state index is 4.28. The van der Waals surface area contributed by atoms with Crippen LogP contribution in [0.1, 0.15) is 89.7 Å². The third kappa shape index (κ3) is 9.75. The molecule has 0 bridgehead atoms. The Hall–Kier alpha value is -1.12. The molecule has 0 radical (unpaired) electrons. The van der Waals surface area contributed by atoms with E-state index in [0.717, 1.165) is 31.5 Å². The molecule has 0 spiro atoms. The van der Waals surface area contributed by atoms with E-state index in [-0.39, 0.29) is 0 Å². The summed E-state index contributed by atoms with van der Waals surface area (Å²) in [6.07, 6.45) is 21.0. The Bertz CT molecular complexity index is 371. The molecule has 22 heavy (non-hydrogen) atoms. The highest BCUT2D eigenvalue weighted by Gasteiger charge is 2.00. The molecule has 0 aliphatic carbocycles. The Balaban J connectivity index is 1.96. The summed E-state index contributed by atoms with van der Waals surface area (Å²) in [5.74, 6) is 0. The molecular formula is C19H35N3. The lowest BCUT2D eigenvalue weighted by Gasteiger charge is -2.01. The van der Waals surface area contributed by atoms with Crippen molar-refractivity contribution >= 4 is 0 Å². The van der Waals surface area contributed by atoms with Gasteiger partial charge in [-0.3, -0.25) is 4.68 Å². The second-order valence-electron chi connectivity index (χ2n) is 6.34. The van der Waals surface area contributed by atoms with Crippen LogP contribution < -0.4 is 0 Å². The van der Waals surface area contributed by atoms with Crippen molar-refractivity contribution < 1.29 is 0 Å². The molecule has 0 N–H and O–H groups in total. The fourth-order valence-corrected chi connectivity index (χ4v) is 2.74. The highest BCUT2D eigenvalue weighted by molar-refractivity contribution is 4.92. The molecule has 0 aliphatic rings. The molecule has 0 aromatic carbocycles. The zero-order valence-electron chi connectivity index (χ0n) is 14.6. The van der Waals surface area contributed by atoms with E-state index in [1.807, 2.05) is 10.8 Å². The zero-order valence-corrected chi connectivity index (χ0v) is 14.6. The van der Waals surface area contributed by atoms with Crippen molar-refractivity contribution in [3.63, 3.8) is 0 Å². The number of rotatable bonds is 15. The van der Waals surface area contributed by atoms with Crippen molar-refractivity contribution in [2.24, 2.45) is 0 Å². The Morgan fingerprint density at radius 2 is 1.64 bits per heavy atom. The van der Waals surface area contributed by atoms with Crippen molar-refractivity contribution in [3.05, 3.63) is 24.5 Å². The monoisotopic (exact) mass is 305 g/mol. The first-order chi connectivity index (χ1) is 10.9. The summed E-state index contributed by atoms with van der Waals surface area (Å²) in [7, 11) is 0. The number of aryl methyl sites for hydroxylation is 2. The molecule has 1 aromatic heterocycles. The van der Waals surface area contributed by atoms with Crippen LogP contribution in [0.2, 0.25) is 0 Å². The molecular weight excluding hydrogens is 270 g/mol. The first kappa shape index (κ1) is 18.9. The van der Waals surface area contributed by atoms with Crippen LogP contribution in [0.4, 0.5) is 0 Å². The van der Waals surface area contributed by atoms with E-state index < -0.39 is 0 Å². The Morgan fingerprint density at radius 3 is 2.32 bits per heavy atom. The molecule has 0 saturated carbocycles. The Labute approximate surface area is 137 Å². The van der Waals surface area contributed by atoms with Crippen molar-refractivity contribution in [1.82, 2.24) is 15.0 Å². The molecule has 3 nitrogen and oxygen atoms in total. The van der Waals surface area contributed by atoms with Crippen LogP contribution in [0, 0.1) is 0 Å². The largest absolute Gasteiger partial charge is 0.252 e. The van der Waals surface area contributed by atoms with Gasteiger partial charge in [0.1, 0.15) is 0 Å².